The molecule has 0 aliphatic carbocycles. The normalized spacial score (nSPS) is 13.2. The third kappa shape index (κ3) is 6.54. The average Bonchev–Trinajstić information content (AvgIpc) is 2.10. The monoisotopic (exact) mass is 176 g/mol. The topological polar surface area (TPSA) is 56.5 Å². The molecule has 3 N–H and O–H groups in total. The second-order valence-corrected chi connectivity index (χ2v) is 2.66. The van der Waals surface area contributed by atoms with Crippen LogP contribution in [0, 0.1) is 0 Å². The molecule has 12 heavy (non-hydrogen) atoms. The van der Waals surface area contributed by atoms with Crippen LogP contribution in [0.5, 0.6) is 0 Å². The Hall–Kier alpha value is -0.160. The van der Waals surface area contributed by atoms with Gasteiger partial charge in [0.2, 0.25) is 0 Å². The highest BCUT2D eigenvalue weighted by molar-refractivity contribution is 4.59. The number of nitrogens with one attached hydrogen (secondary N) is 1. The summed E-state index contributed by atoms with van der Waals surface area (Å²) in [5.41, 5.74) is 5.34. The molecule has 0 amide bonds. The predicted octanol–water partition coefficient (Wildman–Crippen LogP) is -0.414. The van der Waals surface area contributed by atoms with Gasteiger partial charge < -0.3 is 20.5 Å². The van der Waals surface area contributed by atoms with Crippen LogP contribution in [0.3, 0.4) is 0 Å². The van der Waals surface area contributed by atoms with E-state index in [1.54, 1.807) is 14.2 Å². The molecular weight excluding hydrogens is 156 g/mol. The van der Waals surface area contributed by atoms with E-state index < -0.39 is 0 Å². The van der Waals surface area contributed by atoms with E-state index in [-0.39, 0.29) is 6.10 Å². The van der Waals surface area contributed by atoms with Crippen LogP contribution in [0.1, 0.15) is 6.42 Å². The summed E-state index contributed by atoms with van der Waals surface area (Å²) in [7, 11) is 3.36. The van der Waals surface area contributed by atoms with Crippen LogP contribution in [0.2, 0.25) is 0 Å². The molecule has 0 spiro atoms. The molecule has 1 atom stereocenters. The van der Waals surface area contributed by atoms with E-state index >= 15 is 0 Å². The van der Waals surface area contributed by atoms with Crippen LogP contribution < -0.4 is 11.1 Å². The molecule has 0 saturated heterocycles. The quantitative estimate of drug-likeness (QED) is 0.493. The van der Waals surface area contributed by atoms with E-state index in [1.807, 2.05) is 0 Å². The van der Waals surface area contributed by atoms with Gasteiger partial charge in [0.1, 0.15) is 0 Å². The average molecular weight is 176 g/mol. The van der Waals surface area contributed by atoms with Crippen molar-refractivity contribution >= 4 is 0 Å². The maximum Gasteiger partial charge on any atom is 0.0928 e. The SMILES string of the molecule is COCC(CNCCCN)OC. The van der Waals surface area contributed by atoms with Crippen molar-refractivity contribution in [3.63, 3.8) is 0 Å². The van der Waals surface area contributed by atoms with Crippen LogP contribution >= 0.6 is 0 Å². The Morgan fingerprint density at radius 1 is 1.42 bits per heavy atom. The summed E-state index contributed by atoms with van der Waals surface area (Å²) in [6.07, 6.45) is 1.15. The molecule has 0 heterocycles. The van der Waals surface area contributed by atoms with Gasteiger partial charge in [0.05, 0.1) is 12.7 Å². The Kier molecular flexibility index (Phi) is 8.81. The lowest BCUT2D eigenvalue weighted by molar-refractivity contribution is 0.0290. The molecule has 0 bridgehead atoms. The highest BCUT2D eigenvalue weighted by Gasteiger charge is 2.04. The van der Waals surface area contributed by atoms with Gasteiger partial charge in [-0.25, -0.2) is 0 Å². The molecular formula is C8H20N2O2. The third-order valence-corrected chi connectivity index (χ3v) is 1.62. The summed E-state index contributed by atoms with van der Waals surface area (Å²) < 4.78 is 10.1. The van der Waals surface area contributed by atoms with Crippen molar-refractivity contribution in [2.24, 2.45) is 5.73 Å². The Balaban J connectivity index is 3.19. The molecule has 74 valence electrons. The molecule has 0 aromatic heterocycles. The fourth-order valence-electron chi connectivity index (χ4n) is 0.886. The van der Waals surface area contributed by atoms with Crippen molar-refractivity contribution in [3.8, 4) is 0 Å². The van der Waals surface area contributed by atoms with E-state index in [4.69, 9.17) is 15.2 Å². The highest BCUT2D eigenvalue weighted by atomic mass is 16.5. The third-order valence-electron chi connectivity index (χ3n) is 1.62. The van der Waals surface area contributed by atoms with E-state index in [1.165, 1.54) is 0 Å². The van der Waals surface area contributed by atoms with Crippen molar-refractivity contribution in [2.45, 2.75) is 12.5 Å². The summed E-state index contributed by atoms with van der Waals surface area (Å²) in [5.74, 6) is 0. The van der Waals surface area contributed by atoms with Crippen molar-refractivity contribution < 1.29 is 9.47 Å². The maximum absolute atomic E-state index is 5.34. The summed E-state index contributed by atoms with van der Waals surface area (Å²) >= 11 is 0. The molecule has 1 unspecified atom stereocenters. The van der Waals surface area contributed by atoms with Gasteiger partial charge in [-0.05, 0) is 19.5 Å². The van der Waals surface area contributed by atoms with Crippen LogP contribution in [0.25, 0.3) is 0 Å². The zero-order chi connectivity index (χ0) is 9.23. The first-order chi connectivity index (χ1) is 5.85. The highest BCUT2D eigenvalue weighted by Crippen LogP contribution is 1.88. The molecule has 0 rings (SSSR count). The van der Waals surface area contributed by atoms with Crippen LogP contribution in [0.4, 0.5) is 0 Å². The fraction of sp³-hybridized carbons (Fsp3) is 1.00. The Labute approximate surface area is 74.4 Å². The van der Waals surface area contributed by atoms with E-state index in [9.17, 15) is 0 Å². The van der Waals surface area contributed by atoms with Crippen molar-refractivity contribution in [2.75, 3.05) is 40.5 Å². The lowest BCUT2D eigenvalue weighted by atomic mass is 10.3. The molecule has 0 fully saturated rings. The Morgan fingerprint density at radius 3 is 2.67 bits per heavy atom. The van der Waals surface area contributed by atoms with E-state index in [0.29, 0.717) is 6.61 Å². The molecule has 0 aliphatic heterocycles. The summed E-state index contributed by atoms with van der Waals surface area (Å²) in [4.78, 5) is 0. The smallest absolute Gasteiger partial charge is 0.0928 e. The number of nitrogens with two attached hydrogens (primary N) is 1. The number of methoxy groups -OCH3 is 2. The van der Waals surface area contributed by atoms with Gasteiger partial charge in [0.25, 0.3) is 0 Å². The minimum Gasteiger partial charge on any atom is -0.382 e. The molecule has 4 nitrogen and oxygen atoms in total. The second kappa shape index (κ2) is 8.93. The first-order valence-corrected chi connectivity index (χ1v) is 4.27. The summed E-state index contributed by atoms with van der Waals surface area (Å²) in [5, 5.41) is 3.24. The lowest BCUT2D eigenvalue weighted by Crippen LogP contribution is -2.32. The van der Waals surface area contributed by atoms with Gasteiger partial charge in [-0.2, -0.15) is 0 Å². The zero-order valence-electron chi connectivity index (χ0n) is 8.01. The molecule has 0 radical (unpaired) electrons. The second-order valence-electron chi connectivity index (χ2n) is 2.66. The Morgan fingerprint density at radius 2 is 2.17 bits per heavy atom. The largest absolute Gasteiger partial charge is 0.382 e. The molecule has 0 saturated carbocycles. The molecule has 0 aromatic carbocycles. The van der Waals surface area contributed by atoms with Crippen molar-refractivity contribution in [1.82, 2.24) is 5.32 Å². The molecule has 0 aromatic rings. The van der Waals surface area contributed by atoms with Gasteiger partial charge >= 0.3 is 0 Å². The lowest BCUT2D eigenvalue weighted by Gasteiger charge is -2.14. The zero-order valence-corrected chi connectivity index (χ0v) is 8.01. The minimum atomic E-state index is 0.146. The first-order valence-electron chi connectivity index (χ1n) is 4.27. The van der Waals surface area contributed by atoms with E-state index in [0.717, 1.165) is 26.1 Å². The van der Waals surface area contributed by atoms with E-state index in [2.05, 4.69) is 5.32 Å². The van der Waals surface area contributed by atoms with Gasteiger partial charge in [-0.3, -0.25) is 0 Å². The van der Waals surface area contributed by atoms with Gasteiger partial charge in [-0.1, -0.05) is 0 Å². The Bertz CT molecular complexity index is 91.1. The predicted molar refractivity (Wildman–Crippen MR) is 49.2 cm³/mol. The number of hydrogen-bond donors (Lipinski definition) is 2. The minimum absolute atomic E-state index is 0.146. The van der Waals surface area contributed by atoms with Gasteiger partial charge in [0, 0.05) is 20.8 Å². The van der Waals surface area contributed by atoms with Crippen molar-refractivity contribution in [3.05, 3.63) is 0 Å². The van der Waals surface area contributed by atoms with Crippen LogP contribution in [-0.2, 0) is 9.47 Å². The van der Waals surface area contributed by atoms with Gasteiger partial charge in [-0.15, -0.1) is 0 Å². The fourth-order valence-corrected chi connectivity index (χ4v) is 0.886. The van der Waals surface area contributed by atoms with Crippen LogP contribution in [-0.4, -0.2) is 46.6 Å². The maximum atomic E-state index is 5.34. The summed E-state index contributed by atoms with van der Waals surface area (Å²) in [6.45, 7) is 3.13. The standard InChI is InChI=1S/C8H20N2O2/c1-11-7-8(12-2)6-10-5-3-4-9/h8,10H,3-7,9H2,1-2H3. The first kappa shape index (κ1) is 11.8. The summed E-state index contributed by atoms with van der Waals surface area (Å²) in [6, 6.07) is 0. The number of hydrogen-bond acceptors (Lipinski definition) is 4. The van der Waals surface area contributed by atoms with Crippen LogP contribution in [0.15, 0.2) is 0 Å². The van der Waals surface area contributed by atoms with Crippen molar-refractivity contribution in [1.29, 1.82) is 0 Å². The number of rotatable bonds is 8. The molecule has 4 heteroatoms. The van der Waals surface area contributed by atoms with Gasteiger partial charge in [0.15, 0.2) is 0 Å². The number of ether oxygens (including phenoxy) is 2. The molecule has 0 aliphatic rings.